The Balaban J connectivity index is 1.65. The van der Waals surface area contributed by atoms with Gasteiger partial charge in [0, 0.05) is 36.4 Å². The van der Waals surface area contributed by atoms with Crippen LogP contribution >= 0.6 is 11.6 Å². The van der Waals surface area contributed by atoms with Crippen molar-refractivity contribution in [3.05, 3.63) is 64.3 Å². The van der Waals surface area contributed by atoms with Gasteiger partial charge < -0.3 is 19.5 Å². The van der Waals surface area contributed by atoms with Gasteiger partial charge in [0.05, 0.1) is 12.6 Å². The number of phenols is 1. The van der Waals surface area contributed by atoms with E-state index in [4.69, 9.17) is 21.1 Å². The Morgan fingerprint density at radius 1 is 1.09 bits per heavy atom. The molecule has 1 atom stereocenters. The largest absolute Gasteiger partial charge is 0.507 e. The summed E-state index contributed by atoms with van der Waals surface area (Å²) < 4.78 is 11.1. The molecule has 0 aliphatic carbocycles. The minimum atomic E-state index is -0.361. The number of aromatic hydroxyl groups is 1. The molecule has 2 heterocycles. The molecule has 0 fully saturated rings. The Bertz CT molecular complexity index is 1150. The predicted octanol–water partition coefficient (Wildman–Crippen LogP) is 5.98. The van der Waals surface area contributed by atoms with Crippen LogP contribution in [0.3, 0.4) is 0 Å². The quantitative estimate of drug-likeness (QED) is 0.301. The lowest BCUT2D eigenvalue weighted by molar-refractivity contribution is 0.0723. The fourth-order valence-electron chi connectivity index (χ4n) is 4.52. The van der Waals surface area contributed by atoms with Gasteiger partial charge in [-0.05, 0) is 48.7 Å². The van der Waals surface area contributed by atoms with E-state index in [-0.39, 0.29) is 17.7 Å². The van der Waals surface area contributed by atoms with Crippen molar-refractivity contribution in [3.63, 3.8) is 0 Å². The van der Waals surface area contributed by atoms with Crippen LogP contribution in [0.2, 0.25) is 5.02 Å². The Morgan fingerprint density at radius 3 is 2.63 bits per heavy atom. The van der Waals surface area contributed by atoms with Gasteiger partial charge in [0.15, 0.2) is 0 Å². The number of hydrogen-bond donors (Lipinski definition) is 2. The third-order valence-corrected chi connectivity index (χ3v) is 6.52. The lowest BCUT2D eigenvalue weighted by atomic mass is 9.95. The molecular formula is C27H32ClN3O4. The monoisotopic (exact) mass is 497 g/mol. The van der Waals surface area contributed by atoms with Crippen molar-refractivity contribution in [2.75, 3.05) is 26.9 Å². The number of methoxy groups -OCH3 is 1. The third-order valence-electron chi connectivity index (χ3n) is 6.29. The lowest BCUT2D eigenvalue weighted by Crippen LogP contribution is -2.31. The number of rotatable bonds is 12. The third kappa shape index (κ3) is 5.46. The van der Waals surface area contributed by atoms with E-state index in [0.29, 0.717) is 48.2 Å². The van der Waals surface area contributed by atoms with Crippen LogP contribution in [0.25, 0.3) is 11.3 Å². The van der Waals surface area contributed by atoms with Gasteiger partial charge >= 0.3 is 0 Å². The van der Waals surface area contributed by atoms with E-state index in [1.54, 1.807) is 19.2 Å². The van der Waals surface area contributed by atoms with E-state index < -0.39 is 0 Å². The molecule has 3 aromatic rings. The SMILES string of the molecule is CCCCCCOc1ccc(C2c3c(-c4cc(Cl)ccc4O)n[nH]c3C(=O)N2CCCOC)cc1. The summed E-state index contributed by atoms with van der Waals surface area (Å²) in [5.74, 6) is 0.734. The van der Waals surface area contributed by atoms with Crippen LogP contribution < -0.4 is 4.74 Å². The first-order valence-corrected chi connectivity index (χ1v) is 12.5. The second-order valence-electron chi connectivity index (χ2n) is 8.75. The van der Waals surface area contributed by atoms with Crippen LogP contribution in [0, 0.1) is 0 Å². The van der Waals surface area contributed by atoms with Crippen molar-refractivity contribution >= 4 is 17.5 Å². The molecule has 1 aliphatic heterocycles. The maximum absolute atomic E-state index is 13.4. The molecule has 1 aliphatic rings. The number of hydrogen-bond acceptors (Lipinski definition) is 5. The first-order valence-electron chi connectivity index (χ1n) is 12.1. The first-order chi connectivity index (χ1) is 17.0. The number of fused-ring (bicyclic) bond motifs is 1. The smallest absolute Gasteiger partial charge is 0.273 e. The highest BCUT2D eigenvalue weighted by molar-refractivity contribution is 6.31. The number of ether oxygens (including phenoxy) is 2. The number of nitrogens with one attached hydrogen (secondary N) is 1. The van der Waals surface area contributed by atoms with Crippen molar-refractivity contribution in [1.82, 2.24) is 15.1 Å². The lowest BCUT2D eigenvalue weighted by Gasteiger charge is -2.26. The molecule has 7 nitrogen and oxygen atoms in total. The Hall–Kier alpha value is -3.03. The van der Waals surface area contributed by atoms with Crippen LogP contribution in [-0.2, 0) is 4.74 Å². The molecule has 1 amide bonds. The van der Waals surface area contributed by atoms with Crippen LogP contribution in [0.5, 0.6) is 11.5 Å². The molecule has 8 heteroatoms. The van der Waals surface area contributed by atoms with Gasteiger partial charge in [-0.25, -0.2) is 0 Å². The summed E-state index contributed by atoms with van der Waals surface area (Å²) in [5, 5.41) is 18.3. The standard InChI is InChI=1S/C27H32ClN3O4/c1-3-4-5-6-16-35-20-11-8-18(9-12-20)26-23-24(21-17-19(28)10-13-22(21)32)29-30-25(23)27(33)31(26)14-7-15-34-2/h8-13,17,26,32H,3-7,14-16H2,1-2H3,(H,29,30). The molecule has 0 saturated heterocycles. The molecule has 0 radical (unpaired) electrons. The van der Waals surface area contributed by atoms with Crippen molar-refractivity contribution in [1.29, 1.82) is 0 Å². The number of nitrogens with zero attached hydrogens (tertiary/aromatic N) is 2. The predicted molar refractivity (Wildman–Crippen MR) is 136 cm³/mol. The Labute approximate surface area is 211 Å². The fourth-order valence-corrected chi connectivity index (χ4v) is 4.69. The van der Waals surface area contributed by atoms with Crippen molar-refractivity contribution in [2.24, 2.45) is 0 Å². The van der Waals surface area contributed by atoms with E-state index in [9.17, 15) is 9.90 Å². The van der Waals surface area contributed by atoms with Crippen LogP contribution in [0.1, 0.15) is 66.7 Å². The highest BCUT2D eigenvalue weighted by Crippen LogP contribution is 2.45. The molecule has 1 aromatic heterocycles. The molecular weight excluding hydrogens is 466 g/mol. The van der Waals surface area contributed by atoms with Gasteiger partial charge in [0.25, 0.3) is 5.91 Å². The maximum Gasteiger partial charge on any atom is 0.273 e. The first kappa shape index (κ1) is 25.1. The van der Waals surface area contributed by atoms with E-state index in [2.05, 4.69) is 17.1 Å². The van der Waals surface area contributed by atoms with Gasteiger partial charge in [-0.2, -0.15) is 5.10 Å². The number of unbranched alkanes of at least 4 members (excludes halogenated alkanes) is 3. The summed E-state index contributed by atoms with van der Waals surface area (Å²) in [6, 6.07) is 12.3. The highest BCUT2D eigenvalue weighted by Gasteiger charge is 2.42. The second kappa shape index (κ2) is 11.6. The van der Waals surface area contributed by atoms with Crippen LogP contribution in [0.15, 0.2) is 42.5 Å². The van der Waals surface area contributed by atoms with Crippen LogP contribution in [0.4, 0.5) is 0 Å². The average Bonchev–Trinajstić information content (AvgIpc) is 3.40. The average molecular weight is 498 g/mol. The number of amides is 1. The van der Waals surface area contributed by atoms with Gasteiger partial charge in [-0.15, -0.1) is 0 Å². The summed E-state index contributed by atoms with van der Waals surface area (Å²) in [6.45, 7) is 3.96. The van der Waals surface area contributed by atoms with Gasteiger partial charge in [-0.1, -0.05) is 49.9 Å². The normalized spacial score (nSPS) is 15.0. The van der Waals surface area contributed by atoms with Crippen molar-refractivity contribution in [3.8, 4) is 22.8 Å². The number of H-pyrrole nitrogens is 1. The molecule has 2 aromatic carbocycles. The number of halogens is 1. The molecule has 35 heavy (non-hydrogen) atoms. The van der Waals surface area contributed by atoms with E-state index in [1.165, 1.54) is 18.9 Å². The zero-order valence-corrected chi connectivity index (χ0v) is 21.0. The molecule has 2 N–H and O–H groups in total. The minimum Gasteiger partial charge on any atom is -0.507 e. The number of carbonyl (C=O) groups excluding carboxylic acids is 1. The van der Waals surface area contributed by atoms with E-state index in [0.717, 1.165) is 29.7 Å². The van der Waals surface area contributed by atoms with Crippen molar-refractivity contribution < 1.29 is 19.4 Å². The number of aromatic amines is 1. The fraction of sp³-hybridized carbons (Fsp3) is 0.407. The zero-order chi connectivity index (χ0) is 24.8. The summed E-state index contributed by atoms with van der Waals surface area (Å²) in [6.07, 6.45) is 5.31. The minimum absolute atomic E-state index is 0.0551. The molecule has 1 unspecified atom stereocenters. The number of benzene rings is 2. The number of aromatic nitrogens is 2. The van der Waals surface area contributed by atoms with Crippen LogP contribution in [-0.4, -0.2) is 53.0 Å². The number of carbonyl (C=O) groups is 1. The summed E-state index contributed by atoms with van der Waals surface area (Å²) in [5.41, 5.74) is 3.11. The second-order valence-corrected chi connectivity index (χ2v) is 9.18. The molecule has 0 bridgehead atoms. The summed E-state index contributed by atoms with van der Waals surface area (Å²) in [7, 11) is 1.65. The molecule has 186 valence electrons. The van der Waals surface area contributed by atoms with E-state index in [1.807, 2.05) is 29.2 Å². The number of phenolic OH excluding ortho intramolecular Hbond substituents is 1. The Morgan fingerprint density at radius 2 is 1.89 bits per heavy atom. The van der Waals surface area contributed by atoms with E-state index >= 15 is 0 Å². The van der Waals surface area contributed by atoms with Gasteiger partial charge in [0.2, 0.25) is 0 Å². The van der Waals surface area contributed by atoms with Gasteiger partial charge in [-0.3, -0.25) is 9.89 Å². The summed E-state index contributed by atoms with van der Waals surface area (Å²) >= 11 is 6.21. The van der Waals surface area contributed by atoms with Gasteiger partial charge in [0.1, 0.15) is 22.9 Å². The maximum atomic E-state index is 13.4. The topological polar surface area (TPSA) is 87.7 Å². The molecule has 0 saturated carbocycles. The molecule has 4 rings (SSSR count). The molecule has 0 spiro atoms. The zero-order valence-electron chi connectivity index (χ0n) is 20.2. The van der Waals surface area contributed by atoms with Crippen molar-refractivity contribution in [2.45, 2.75) is 45.1 Å². The summed E-state index contributed by atoms with van der Waals surface area (Å²) in [4.78, 5) is 15.2. The highest BCUT2D eigenvalue weighted by atomic mass is 35.5. The Kier molecular flexibility index (Phi) is 8.31.